The van der Waals surface area contributed by atoms with Gasteiger partial charge in [-0.3, -0.25) is 9.78 Å². The van der Waals surface area contributed by atoms with Crippen molar-refractivity contribution in [2.24, 2.45) is 7.05 Å². The molecule has 0 saturated heterocycles. The van der Waals surface area contributed by atoms with Crippen molar-refractivity contribution in [3.63, 3.8) is 0 Å². The molecule has 0 N–H and O–H groups in total. The van der Waals surface area contributed by atoms with Gasteiger partial charge in [0.2, 0.25) is 0 Å². The third kappa shape index (κ3) is 1.68. The van der Waals surface area contributed by atoms with E-state index < -0.39 is 5.97 Å². The molecule has 0 aromatic carbocycles. The molecular formula is C13H14N2O3. The highest BCUT2D eigenvalue weighted by Crippen LogP contribution is 2.21. The Hall–Kier alpha value is -2.17. The minimum absolute atomic E-state index is 0.164. The Labute approximate surface area is 104 Å². The number of nitrogens with zero attached hydrogens (tertiary/aromatic N) is 2. The summed E-state index contributed by atoms with van der Waals surface area (Å²) < 4.78 is 6.21. The van der Waals surface area contributed by atoms with Gasteiger partial charge < -0.3 is 9.30 Å². The van der Waals surface area contributed by atoms with Crippen molar-refractivity contribution in [2.75, 3.05) is 7.11 Å². The molecule has 0 aliphatic carbocycles. The Morgan fingerprint density at radius 2 is 2.00 bits per heavy atom. The topological polar surface area (TPSA) is 61.2 Å². The lowest BCUT2D eigenvalue weighted by Gasteiger charge is -2.10. The lowest BCUT2D eigenvalue weighted by Crippen LogP contribution is -2.19. The second kappa shape index (κ2) is 4.25. The average molecular weight is 246 g/mol. The molecule has 2 heterocycles. The van der Waals surface area contributed by atoms with Gasteiger partial charge in [-0.25, -0.2) is 4.79 Å². The van der Waals surface area contributed by atoms with E-state index in [1.807, 2.05) is 0 Å². The summed E-state index contributed by atoms with van der Waals surface area (Å²) >= 11 is 0. The molecule has 0 fully saturated rings. The molecule has 0 aliphatic heterocycles. The van der Waals surface area contributed by atoms with Crippen molar-refractivity contribution >= 4 is 16.7 Å². The number of rotatable bonds is 1. The fourth-order valence-corrected chi connectivity index (χ4v) is 2.10. The number of carbonyl (C=O) groups is 1. The number of fused-ring (bicyclic) bond motifs is 1. The molecule has 0 saturated carbocycles. The summed E-state index contributed by atoms with van der Waals surface area (Å²) in [6.07, 6.45) is 1.63. The Morgan fingerprint density at radius 1 is 1.33 bits per heavy atom. The number of hydrogen-bond acceptors (Lipinski definition) is 4. The summed E-state index contributed by atoms with van der Waals surface area (Å²) in [5.41, 5.74) is 1.38. The molecule has 0 amide bonds. The Bertz CT molecular complexity index is 701. The van der Waals surface area contributed by atoms with Gasteiger partial charge in [-0.1, -0.05) is 0 Å². The van der Waals surface area contributed by atoms with Crippen LogP contribution in [0.1, 0.15) is 21.7 Å². The third-order valence-electron chi connectivity index (χ3n) is 2.99. The monoisotopic (exact) mass is 246 g/mol. The van der Waals surface area contributed by atoms with E-state index in [-0.39, 0.29) is 5.56 Å². The van der Waals surface area contributed by atoms with Crippen LogP contribution in [0.25, 0.3) is 10.8 Å². The lowest BCUT2D eigenvalue weighted by molar-refractivity contribution is 0.0601. The zero-order valence-electron chi connectivity index (χ0n) is 10.8. The van der Waals surface area contributed by atoms with Gasteiger partial charge in [-0.15, -0.1) is 0 Å². The molecular weight excluding hydrogens is 232 g/mol. The van der Waals surface area contributed by atoms with E-state index in [4.69, 9.17) is 4.74 Å². The van der Waals surface area contributed by atoms with Gasteiger partial charge in [0.25, 0.3) is 5.56 Å². The van der Waals surface area contributed by atoms with E-state index in [9.17, 15) is 9.59 Å². The first-order valence-corrected chi connectivity index (χ1v) is 5.52. The van der Waals surface area contributed by atoms with Crippen LogP contribution in [-0.4, -0.2) is 22.6 Å². The summed E-state index contributed by atoms with van der Waals surface area (Å²) in [6, 6.07) is 1.74. The van der Waals surface area contributed by atoms with Gasteiger partial charge in [0, 0.05) is 18.6 Å². The first-order valence-electron chi connectivity index (χ1n) is 5.52. The molecule has 2 aromatic heterocycles. The number of esters is 1. The van der Waals surface area contributed by atoms with Crippen LogP contribution in [0.4, 0.5) is 0 Å². The third-order valence-corrected chi connectivity index (χ3v) is 2.99. The Morgan fingerprint density at radius 3 is 2.61 bits per heavy atom. The maximum Gasteiger partial charge on any atom is 0.340 e. The van der Waals surface area contributed by atoms with E-state index >= 15 is 0 Å². The van der Waals surface area contributed by atoms with Crippen LogP contribution in [0.15, 0.2) is 17.1 Å². The summed E-state index contributed by atoms with van der Waals surface area (Å²) in [5, 5.41) is 1.06. The first-order chi connectivity index (χ1) is 8.47. The van der Waals surface area contributed by atoms with E-state index in [1.165, 1.54) is 11.7 Å². The fraction of sp³-hybridized carbons (Fsp3) is 0.308. The van der Waals surface area contributed by atoms with Crippen molar-refractivity contribution in [3.8, 4) is 0 Å². The molecule has 5 nitrogen and oxygen atoms in total. The zero-order valence-corrected chi connectivity index (χ0v) is 10.8. The minimum atomic E-state index is -0.474. The lowest BCUT2D eigenvalue weighted by atomic mass is 10.0. The average Bonchev–Trinajstić information content (AvgIpc) is 2.32. The normalized spacial score (nSPS) is 10.7. The molecule has 94 valence electrons. The van der Waals surface area contributed by atoms with Gasteiger partial charge in [0.15, 0.2) is 0 Å². The van der Waals surface area contributed by atoms with Gasteiger partial charge in [0.05, 0.1) is 29.4 Å². The summed E-state index contributed by atoms with van der Waals surface area (Å²) in [4.78, 5) is 28.1. The quantitative estimate of drug-likeness (QED) is 0.712. The Kier molecular flexibility index (Phi) is 2.90. The first kappa shape index (κ1) is 12.3. The highest BCUT2D eigenvalue weighted by atomic mass is 16.5. The van der Waals surface area contributed by atoms with Crippen molar-refractivity contribution in [2.45, 2.75) is 13.8 Å². The number of ether oxygens (including phenoxy) is 1. The number of pyridine rings is 2. The van der Waals surface area contributed by atoms with Crippen LogP contribution in [0, 0.1) is 13.8 Å². The second-order valence-electron chi connectivity index (χ2n) is 4.17. The number of aromatic nitrogens is 2. The summed E-state index contributed by atoms with van der Waals surface area (Å²) in [5.74, 6) is -0.474. The summed E-state index contributed by atoms with van der Waals surface area (Å²) in [6.45, 7) is 3.49. The van der Waals surface area contributed by atoms with Crippen LogP contribution in [-0.2, 0) is 11.8 Å². The molecule has 0 bridgehead atoms. The number of aryl methyl sites for hydroxylation is 3. The molecule has 0 atom stereocenters. The van der Waals surface area contributed by atoms with Gasteiger partial charge in [0.1, 0.15) is 0 Å². The molecule has 2 rings (SSSR count). The SMILES string of the molecule is COC(=O)c1c(C)nc(C)c2c(=O)n(C)ccc12. The predicted molar refractivity (Wildman–Crippen MR) is 67.8 cm³/mol. The highest BCUT2D eigenvalue weighted by Gasteiger charge is 2.18. The molecule has 18 heavy (non-hydrogen) atoms. The van der Waals surface area contributed by atoms with Gasteiger partial charge in [-0.2, -0.15) is 0 Å². The van der Waals surface area contributed by atoms with E-state index in [0.717, 1.165) is 0 Å². The van der Waals surface area contributed by atoms with Crippen molar-refractivity contribution in [1.82, 2.24) is 9.55 Å². The van der Waals surface area contributed by atoms with Crippen LogP contribution >= 0.6 is 0 Å². The van der Waals surface area contributed by atoms with E-state index in [0.29, 0.717) is 27.7 Å². The molecule has 0 aliphatic rings. The smallest absolute Gasteiger partial charge is 0.340 e. The fourth-order valence-electron chi connectivity index (χ4n) is 2.10. The van der Waals surface area contributed by atoms with Crippen molar-refractivity contribution < 1.29 is 9.53 Å². The Balaban J connectivity index is 3.01. The molecule has 2 aromatic rings. The zero-order chi connectivity index (χ0) is 13.4. The molecule has 0 radical (unpaired) electrons. The van der Waals surface area contributed by atoms with Crippen molar-refractivity contribution in [3.05, 3.63) is 39.6 Å². The molecule has 0 spiro atoms. The van der Waals surface area contributed by atoms with Crippen LogP contribution in [0.2, 0.25) is 0 Å². The second-order valence-corrected chi connectivity index (χ2v) is 4.17. The number of methoxy groups -OCH3 is 1. The summed E-state index contributed by atoms with van der Waals surface area (Å²) in [7, 11) is 2.98. The maximum atomic E-state index is 12.1. The van der Waals surface area contributed by atoms with Crippen LogP contribution in [0.3, 0.4) is 0 Å². The van der Waals surface area contributed by atoms with Gasteiger partial charge in [-0.05, 0) is 19.9 Å². The predicted octanol–water partition coefficient (Wildman–Crippen LogP) is 1.34. The van der Waals surface area contributed by atoms with Crippen molar-refractivity contribution in [1.29, 1.82) is 0 Å². The van der Waals surface area contributed by atoms with Crippen LogP contribution < -0.4 is 5.56 Å². The number of hydrogen-bond donors (Lipinski definition) is 0. The molecule has 5 heteroatoms. The molecule has 0 unspecified atom stereocenters. The van der Waals surface area contributed by atoms with Crippen LogP contribution in [0.5, 0.6) is 0 Å². The standard InChI is InChI=1S/C13H14N2O3/c1-7-10-9(5-6-15(3)12(10)16)11(8(2)14-7)13(17)18-4/h5-6H,1-4H3. The largest absolute Gasteiger partial charge is 0.465 e. The van der Waals surface area contributed by atoms with E-state index in [1.54, 1.807) is 33.2 Å². The minimum Gasteiger partial charge on any atom is -0.465 e. The highest BCUT2D eigenvalue weighted by molar-refractivity contribution is 6.05. The van der Waals surface area contributed by atoms with E-state index in [2.05, 4.69) is 4.98 Å². The van der Waals surface area contributed by atoms with Gasteiger partial charge >= 0.3 is 5.97 Å². The number of carbonyl (C=O) groups excluding carboxylic acids is 1. The maximum absolute atomic E-state index is 12.1.